The molecule has 1 amide bonds. The van der Waals surface area contributed by atoms with Crippen LogP contribution < -0.4 is 14.9 Å². The van der Waals surface area contributed by atoms with Gasteiger partial charge in [0.2, 0.25) is 5.89 Å². The van der Waals surface area contributed by atoms with E-state index in [0.29, 0.717) is 12.2 Å². The summed E-state index contributed by atoms with van der Waals surface area (Å²) in [6.45, 7) is 5.95. The molecular formula is C40H60N4O4. The molecule has 3 aromatic rings. The summed E-state index contributed by atoms with van der Waals surface area (Å²) in [4.78, 5) is 12.5. The molecule has 3 rings (SSSR count). The van der Waals surface area contributed by atoms with Crippen molar-refractivity contribution in [3.63, 3.8) is 0 Å². The number of carbonyl (C=O) groups is 1. The van der Waals surface area contributed by atoms with E-state index in [4.69, 9.17) is 13.9 Å². The van der Waals surface area contributed by atoms with Gasteiger partial charge in [-0.25, -0.2) is 5.43 Å². The zero-order valence-corrected chi connectivity index (χ0v) is 29.7. The summed E-state index contributed by atoms with van der Waals surface area (Å²) in [6, 6.07) is 15.1. The third kappa shape index (κ3) is 16.9. The summed E-state index contributed by atoms with van der Waals surface area (Å²) in [6.07, 6.45) is 27.6. The average Bonchev–Trinajstić information content (AvgIpc) is 3.61. The summed E-state index contributed by atoms with van der Waals surface area (Å²) in [5.74, 6) is 1.17. The van der Waals surface area contributed by atoms with Gasteiger partial charge in [-0.2, -0.15) is 5.10 Å². The van der Waals surface area contributed by atoms with Crippen molar-refractivity contribution in [2.45, 2.75) is 142 Å². The standard InChI is InChI=1S/C40H60N4O4/c1-3-5-7-9-11-13-15-17-19-21-31-46-36-27-23-34(24-28-36)33-41-42-38(45)40-44-43-39(48-40)35-25-29-37(30-26-35)47-32-22-20-18-16-14-12-10-8-6-4-2/h23-30,33H,3-22,31-32H2,1-2H3,(H,42,45)/b41-33+. The second-order valence-corrected chi connectivity index (χ2v) is 12.8. The summed E-state index contributed by atoms with van der Waals surface area (Å²) in [7, 11) is 0. The van der Waals surface area contributed by atoms with Crippen LogP contribution in [0.3, 0.4) is 0 Å². The highest BCUT2D eigenvalue weighted by atomic mass is 16.5. The van der Waals surface area contributed by atoms with Gasteiger partial charge in [0, 0.05) is 5.56 Å². The summed E-state index contributed by atoms with van der Waals surface area (Å²) >= 11 is 0. The van der Waals surface area contributed by atoms with Crippen molar-refractivity contribution in [1.29, 1.82) is 0 Å². The van der Waals surface area contributed by atoms with Gasteiger partial charge < -0.3 is 13.9 Å². The fraction of sp³-hybridized carbons (Fsp3) is 0.600. The Hall–Kier alpha value is -3.68. The van der Waals surface area contributed by atoms with Gasteiger partial charge in [-0.05, 0) is 66.9 Å². The molecule has 0 saturated heterocycles. The number of hydrogen-bond donors (Lipinski definition) is 1. The number of unbranched alkanes of at least 4 members (excludes halogenated alkanes) is 18. The predicted octanol–water partition coefficient (Wildman–Crippen LogP) is 11.1. The van der Waals surface area contributed by atoms with Crippen molar-refractivity contribution in [2.24, 2.45) is 5.10 Å². The van der Waals surface area contributed by atoms with Crippen molar-refractivity contribution in [1.82, 2.24) is 15.6 Å². The highest BCUT2D eigenvalue weighted by Gasteiger charge is 2.15. The Morgan fingerprint density at radius 3 is 1.54 bits per heavy atom. The molecule has 1 N–H and O–H groups in total. The van der Waals surface area contributed by atoms with Crippen molar-refractivity contribution in [3.05, 3.63) is 60.0 Å². The third-order valence-corrected chi connectivity index (χ3v) is 8.51. The SMILES string of the molecule is CCCCCCCCCCCCOc1ccc(/C=N/NC(=O)c2nnc(-c3ccc(OCCCCCCCCCCCC)cc3)o2)cc1. The van der Waals surface area contributed by atoms with Crippen LogP contribution in [0.5, 0.6) is 11.5 Å². The quantitative estimate of drug-likeness (QED) is 0.0473. The minimum Gasteiger partial charge on any atom is -0.494 e. The van der Waals surface area contributed by atoms with Crippen LogP contribution in [0.25, 0.3) is 11.5 Å². The van der Waals surface area contributed by atoms with E-state index in [1.165, 1.54) is 116 Å². The van der Waals surface area contributed by atoms with Gasteiger partial charge in [0.05, 0.1) is 19.4 Å². The van der Waals surface area contributed by atoms with E-state index < -0.39 is 5.91 Å². The van der Waals surface area contributed by atoms with Gasteiger partial charge in [0.25, 0.3) is 0 Å². The van der Waals surface area contributed by atoms with E-state index in [1.807, 2.05) is 48.5 Å². The lowest BCUT2D eigenvalue weighted by Crippen LogP contribution is -2.18. The van der Waals surface area contributed by atoms with Gasteiger partial charge in [-0.15, -0.1) is 10.2 Å². The smallest absolute Gasteiger partial charge is 0.328 e. The maximum Gasteiger partial charge on any atom is 0.328 e. The average molecular weight is 661 g/mol. The molecule has 0 radical (unpaired) electrons. The fourth-order valence-corrected chi connectivity index (χ4v) is 5.55. The number of hydrogen-bond acceptors (Lipinski definition) is 7. The minimum atomic E-state index is -0.571. The number of hydrazone groups is 1. The van der Waals surface area contributed by atoms with E-state index in [9.17, 15) is 4.79 Å². The molecule has 48 heavy (non-hydrogen) atoms. The first-order valence-corrected chi connectivity index (χ1v) is 18.8. The van der Waals surface area contributed by atoms with Gasteiger partial charge >= 0.3 is 11.8 Å². The first-order valence-electron chi connectivity index (χ1n) is 18.8. The molecule has 0 atom stereocenters. The maximum atomic E-state index is 12.5. The van der Waals surface area contributed by atoms with Crippen LogP contribution in [0.4, 0.5) is 0 Å². The number of nitrogens with zero attached hydrogens (tertiary/aromatic N) is 3. The van der Waals surface area contributed by atoms with Crippen LogP contribution in [0.15, 0.2) is 58.0 Å². The molecule has 8 nitrogen and oxygen atoms in total. The van der Waals surface area contributed by atoms with Crippen LogP contribution >= 0.6 is 0 Å². The van der Waals surface area contributed by atoms with Crippen molar-refractivity contribution in [2.75, 3.05) is 13.2 Å². The lowest BCUT2D eigenvalue weighted by atomic mass is 10.1. The van der Waals surface area contributed by atoms with E-state index in [1.54, 1.807) is 6.21 Å². The zero-order chi connectivity index (χ0) is 33.9. The Morgan fingerprint density at radius 2 is 1.06 bits per heavy atom. The van der Waals surface area contributed by atoms with Crippen LogP contribution in [-0.2, 0) is 0 Å². The van der Waals surface area contributed by atoms with Gasteiger partial charge in [-0.3, -0.25) is 4.79 Å². The molecule has 1 heterocycles. The van der Waals surface area contributed by atoms with E-state index in [-0.39, 0.29) is 11.8 Å². The fourth-order valence-electron chi connectivity index (χ4n) is 5.55. The molecule has 2 aromatic carbocycles. The summed E-state index contributed by atoms with van der Waals surface area (Å²) in [5.41, 5.74) is 4.00. The van der Waals surface area contributed by atoms with Gasteiger partial charge in [0.1, 0.15) is 11.5 Å². The number of nitrogens with one attached hydrogen (secondary N) is 1. The van der Waals surface area contributed by atoms with Gasteiger partial charge in [-0.1, -0.05) is 129 Å². The number of rotatable bonds is 28. The molecule has 1 aromatic heterocycles. The molecule has 0 aliphatic heterocycles. The molecule has 0 spiro atoms. The Labute approximate surface area is 289 Å². The predicted molar refractivity (Wildman–Crippen MR) is 196 cm³/mol. The monoisotopic (exact) mass is 660 g/mol. The van der Waals surface area contributed by atoms with E-state index in [2.05, 4.69) is 34.6 Å². The molecule has 0 saturated carbocycles. The van der Waals surface area contributed by atoms with E-state index in [0.717, 1.165) is 36.5 Å². The van der Waals surface area contributed by atoms with Crippen molar-refractivity contribution >= 4 is 12.1 Å². The number of carbonyl (C=O) groups excluding carboxylic acids is 1. The minimum absolute atomic E-state index is 0.154. The van der Waals surface area contributed by atoms with Crippen LogP contribution in [-0.4, -0.2) is 35.5 Å². The number of amides is 1. The maximum absolute atomic E-state index is 12.5. The normalized spacial score (nSPS) is 11.3. The summed E-state index contributed by atoms with van der Waals surface area (Å²) in [5, 5.41) is 11.9. The zero-order valence-electron chi connectivity index (χ0n) is 29.7. The number of ether oxygens (including phenoxy) is 2. The van der Waals surface area contributed by atoms with Crippen LogP contribution in [0.1, 0.15) is 159 Å². The lowest BCUT2D eigenvalue weighted by molar-refractivity contribution is 0.0921. The molecule has 0 bridgehead atoms. The number of benzene rings is 2. The number of aromatic nitrogens is 2. The highest BCUT2D eigenvalue weighted by molar-refractivity contribution is 5.90. The second kappa shape index (κ2) is 25.4. The molecule has 0 aliphatic rings. The topological polar surface area (TPSA) is 98.8 Å². The second-order valence-electron chi connectivity index (χ2n) is 12.8. The molecule has 0 unspecified atom stereocenters. The Bertz CT molecular complexity index is 1260. The largest absolute Gasteiger partial charge is 0.494 e. The van der Waals surface area contributed by atoms with Crippen molar-refractivity contribution in [3.8, 4) is 23.0 Å². The third-order valence-electron chi connectivity index (χ3n) is 8.51. The van der Waals surface area contributed by atoms with Crippen LogP contribution in [0.2, 0.25) is 0 Å². The van der Waals surface area contributed by atoms with Crippen molar-refractivity contribution < 1.29 is 18.7 Å². The Balaban J connectivity index is 1.26. The van der Waals surface area contributed by atoms with E-state index >= 15 is 0 Å². The first kappa shape index (κ1) is 38.8. The highest BCUT2D eigenvalue weighted by Crippen LogP contribution is 2.22. The Morgan fingerprint density at radius 1 is 0.625 bits per heavy atom. The molecular weight excluding hydrogens is 600 g/mol. The first-order chi connectivity index (χ1) is 23.7. The lowest BCUT2D eigenvalue weighted by Gasteiger charge is -2.06. The van der Waals surface area contributed by atoms with Crippen LogP contribution in [0, 0.1) is 0 Å². The van der Waals surface area contributed by atoms with Gasteiger partial charge in [0.15, 0.2) is 0 Å². The molecule has 0 aliphatic carbocycles. The Kier molecular flexibility index (Phi) is 20.5. The molecule has 264 valence electrons. The molecule has 0 fully saturated rings. The summed E-state index contributed by atoms with van der Waals surface area (Å²) < 4.78 is 17.4. The molecule has 8 heteroatoms.